The predicted molar refractivity (Wildman–Crippen MR) is 60.5 cm³/mol. The van der Waals surface area contributed by atoms with Crippen LogP contribution in [0.15, 0.2) is 0 Å². The maximum Gasteiger partial charge on any atom is 0.279 e. The van der Waals surface area contributed by atoms with Gasteiger partial charge in [-0.15, -0.1) is 0 Å². The van der Waals surface area contributed by atoms with Crippen molar-refractivity contribution >= 4 is 10.2 Å². The number of hydrogen-bond donors (Lipinski definition) is 2. The smallest absolute Gasteiger partial charge is 0.279 e. The molecule has 0 aromatic carbocycles. The molecule has 90 valence electrons. The molecular formula is C9H21N3O2S. The third-order valence-electron chi connectivity index (χ3n) is 2.54. The second-order valence-electron chi connectivity index (χ2n) is 4.92. The van der Waals surface area contributed by atoms with Crippen molar-refractivity contribution in [2.24, 2.45) is 11.7 Å². The second-order valence-corrected chi connectivity index (χ2v) is 6.70. The van der Waals surface area contributed by atoms with E-state index >= 15 is 0 Å². The topological polar surface area (TPSA) is 75.4 Å². The molecule has 1 aliphatic carbocycles. The summed E-state index contributed by atoms with van der Waals surface area (Å²) in [5.74, 6) is 0.549. The van der Waals surface area contributed by atoms with Gasteiger partial charge in [-0.05, 0) is 32.6 Å². The Hall–Kier alpha value is -0.170. The van der Waals surface area contributed by atoms with Crippen LogP contribution in [0.1, 0.15) is 26.7 Å². The molecule has 1 rings (SSSR count). The van der Waals surface area contributed by atoms with Crippen molar-refractivity contribution < 1.29 is 8.42 Å². The Balaban J connectivity index is 2.56. The van der Waals surface area contributed by atoms with Gasteiger partial charge in [-0.2, -0.15) is 17.4 Å². The summed E-state index contributed by atoms with van der Waals surface area (Å²) in [7, 11) is -1.78. The van der Waals surface area contributed by atoms with Crippen molar-refractivity contribution in [2.75, 3.05) is 20.1 Å². The van der Waals surface area contributed by atoms with E-state index in [0.717, 1.165) is 12.8 Å². The van der Waals surface area contributed by atoms with Gasteiger partial charge in [0.2, 0.25) is 0 Å². The molecule has 0 radical (unpaired) electrons. The molecule has 0 bridgehead atoms. The normalized spacial score (nSPS) is 18.5. The molecule has 0 atom stereocenters. The van der Waals surface area contributed by atoms with Crippen LogP contribution in [0.4, 0.5) is 0 Å². The van der Waals surface area contributed by atoms with E-state index in [1.165, 1.54) is 4.31 Å². The van der Waals surface area contributed by atoms with E-state index in [2.05, 4.69) is 4.72 Å². The molecule has 0 aromatic rings. The minimum atomic E-state index is -3.38. The van der Waals surface area contributed by atoms with Gasteiger partial charge in [0, 0.05) is 25.7 Å². The van der Waals surface area contributed by atoms with Crippen molar-refractivity contribution in [3.8, 4) is 0 Å². The Labute approximate surface area is 92.2 Å². The summed E-state index contributed by atoms with van der Waals surface area (Å²) in [6.07, 6.45) is 2.28. The fraction of sp³-hybridized carbons (Fsp3) is 1.00. The summed E-state index contributed by atoms with van der Waals surface area (Å²) in [4.78, 5) is 0. The molecule has 1 aliphatic rings. The van der Waals surface area contributed by atoms with Gasteiger partial charge in [0.1, 0.15) is 0 Å². The molecule has 0 heterocycles. The monoisotopic (exact) mass is 235 g/mol. The van der Waals surface area contributed by atoms with Crippen LogP contribution < -0.4 is 10.5 Å². The van der Waals surface area contributed by atoms with Crippen LogP contribution in [0.5, 0.6) is 0 Å². The van der Waals surface area contributed by atoms with Crippen molar-refractivity contribution in [3.05, 3.63) is 0 Å². The highest BCUT2D eigenvalue weighted by Gasteiger charge is 2.31. The van der Waals surface area contributed by atoms with Crippen molar-refractivity contribution in [3.63, 3.8) is 0 Å². The Morgan fingerprint density at radius 2 is 2.00 bits per heavy atom. The maximum absolute atomic E-state index is 11.8. The maximum atomic E-state index is 11.8. The van der Waals surface area contributed by atoms with Crippen LogP contribution in [0.2, 0.25) is 0 Å². The van der Waals surface area contributed by atoms with E-state index in [1.54, 1.807) is 20.9 Å². The van der Waals surface area contributed by atoms with Gasteiger partial charge in [0.05, 0.1) is 0 Å². The standard InChI is InChI=1S/C9H21N3O2S/c1-9(2,7-10)11-15(13,14)12(3)6-8-4-5-8/h8,11H,4-7,10H2,1-3H3. The highest BCUT2D eigenvalue weighted by atomic mass is 32.2. The van der Waals surface area contributed by atoms with E-state index in [-0.39, 0.29) is 6.54 Å². The first-order valence-electron chi connectivity index (χ1n) is 5.22. The Bertz CT molecular complexity index is 309. The van der Waals surface area contributed by atoms with Gasteiger partial charge in [0.15, 0.2) is 0 Å². The lowest BCUT2D eigenvalue weighted by molar-refractivity contribution is 0.404. The van der Waals surface area contributed by atoms with Crippen LogP contribution >= 0.6 is 0 Å². The summed E-state index contributed by atoms with van der Waals surface area (Å²) in [6, 6.07) is 0. The molecule has 5 nitrogen and oxygen atoms in total. The Kier molecular flexibility index (Phi) is 3.76. The number of nitrogens with one attached hydrogen (secondary N) is 1. The molecule has 1 saturated carbocycles. The minimum absolute atomic E-state index is 0.281. The van der Waals surface area contributed by atoms with Gasteiger partial charge in [0.25, 0.3) is 10.2 Å². The van der Waals surface area contributed by atoms with Crippen LogP contribution in [0.3, 0.4) is 0 Å². The summed E-state index contributed by atoms with van der Waals surface area (Å²) in [6.45, 7) is 4.44. The largest absolute Gasteiger partial charge is 0.329 e. The lowest BCUT2D eigenvalue weighted by atomic mass is 10.1. The molecule has 3 N–H and O–H groups in total. The van der Waals surface area contributed by atoms with Gasteiger partial charge in [-0.25, -0.2) is 0 Å². The zero-order chi connectivity index (χ0) is 11.7. The van der Waals surface area contributed by atoms with Crippen molar-refractivity contribution in [1.82, 2.24) is 9.03 Å². The molecule has 0 aliphatic heterocycles. The van der Waals surface area contributed by atoms with Gasteiger partial charge in [-0.1, -0.05) is 0 Å². The third-order valence-corrected chi connectivity index (χ3v) is 4.32. The molecule has 6 heteroatoms. The predicted octanol–water partition coefficient (Wildman–Crippen LogP) is -0.100. The van der Waals surface area contributed by atoms with Crippen LogP contribution in [-0.2, 0) is 10.2 Å². The zero-order valence-electron chi connectivity index (χ0n) is 9.66. The lowest BCUT2D eigenvalue weighted by Gasteiger charge is -2.27. The Morgan fingerprint density at radius 3 is 2.40 bits per heavy atom. The first-order valence-corrected chi connectivity index (χ1v) is 6.66. The first-order chi connectivity index (χ1) is 6.77. The van der Waals surface area contributed by atoms with Crippen molar-refractivity contribution in [2.45, 2.75) is 32.2 Å². The highest BCUT2D eigenvalue weighted by molar-refractivity contribution is 7.87. The molecule has 0 amide bonds. The van der Waals surface area contributed by atoms with Gasteiger partial charge < -0.3 is 5.73 Å². The molecule has 0 spiro atoms. The van der Waals surface area contributed by atoms with Gasteiger partial charge >= 0.3 is 0 Å². The van der Waals surface area contributed by atoms with Crippen molar-refractivity contribution in [1.29, 1.82) is 0 Å². The van der Waals surface area contributed by atoms with E-state index in [9.17, 15) is 8.42 Å². The van der Waals surface area contributed by atoms with E-state index in [1.807, 2.05) is 0 Å². The number of hydrogen-bond acceptors (Lipinski definition) is 3. The molecule has 15 heavy (non-hydrogen) atoms. The minimum Gasteiger partial charge on any atom is -0.329 e. The zero-order valence-corrected chi connectivity index (χ0v) is 10.5. The highest BCUT2D eigenvalue weighted by Crippen LogP contribution is 2.29. The molecule has 1 fully saturated rings. The van der Waals surface area contributed by atoms with E-state index < -0.39 is 15.7 Å². The fourth-order valence-electron chi connectivity index (χ4n) is 1.23. The molecule has 0 unspecified atom stereocenters. The van der Waals surface area contributed by atoms with Crippen LogP contribution in [0.25, 0.3) is 0 Å². The summed E-state index contributed by atoms with van der Waals surface area (Å²) < 4.78 is 27.6. The second kappa shape index (κ2) is 4.37. The molecule has 0 saturated heterocycles. The average Bonchev–Trinajstić information content (AvgIpc) is 2.86. The number of nitrogens with zero attached hydrogens (tertiary/aromatic N) is 1. The SMILES string of the molecule is CN(CC1CC1)S(=O)(=O)NC(C)(C)CN. The lowest BCUT2D eigenvalue weighted by Crippen LogP contribution is -2.53. The molecule has 0 aromatic heterocycles. The summed E-state index contributed by atoms with van der Waals surface area (Å²) >= 11 is 0. The van der Waals surface area contributed by atoms with Gasteiger partial charge in [-0.3, -0.25) is 0 Å². The van der Waals surface area contributed by atoms with E-state index in [0.29, 0.717) is 12.5 Å². The first kappa shape index (κ1) is 12.9. The third kappa shape index (κ3) is 4.06. The average molecular weight is 235 g/mol. The summed E-state index contributed by atoms with van der Waals surface area (Å²) in [5, 5.41) is 0. The van der Waals surface area contributed by atoms with Crippen LogP contribution in [-0.4, -0.2) is 38.4 Å². The number of nitrogens with two attached hydrogens (primary N) is 1. The van der Waals surface area contributed by atoms with Crippen LogP contribution in [0, 0.1) is 5.92 Å². The molecular weight excluding hydrogens is 214 g/mol. The quantitative estimate of drug-likeness (QED) is 0.675. The summed E-state index contributed by atoms with van der Waals surface area (Å²) in [5.41, 5.74) is 4.90. The Morgan fingerprint density at radius 1 is 1.47 bits per heavy atom. The fourth-order valence-corrected chi connectivity index (χ4v) is 2.58. The van der Waals surface area contributed by atoms with E-state index in [4.69, 9.17) is 5.73 Å². The number of rotatable bonds is 6.